The van der Waals surface area contributed by atoms with E-state index in [0.29, 0.717) is 0 Å². The maximum atomic E-state index is 7.00. The first kappa shape index (κ1) is 21.2. The highest BCUT2D eigenvalue weighted by Crippen LogP contribution is 2.17. The van der Waals surface area contributed by atoms with E-state index >= 15 is 0 Å². The summed E-state index contributed by atoms with van der Waals surface area (Å²) in [7, 11) is 1.00. The van der Waals surface area contributed by atoms with Crippen LogP contribution in [-0.4, -0.2) is 49.4 Å². The number of nitrogens with two attached hydrogens (primary N) is 1. The second-order valence-corrected chi connectivity index (χ2v) is 5.68. The smallest absolute Gasteiger partial charge is 0.0798 e. The van der Waals surface area contributed by atoms with Crippen LogP contribution in [0.2, 0.25) is 0 Å². The van der Waals surface area contributed by atoms with Gasteiger partial charge in [0.1, 0.15) is 0 Å². The molecule has 0 bridgehead atoms. The van der Waals surface area contributed by atoms with Gasteiger partial charge in [0.05, 0.1) is 26.2 Å². The van der Waals surface area contributed by atoms with Crippen LogP contribution in [0.4, 0.5) is 0 Å². The molecular weight excluding hydrogens is 236 g/mol. The maximum Gasteiger partial charge on any atom is 0.0798 e. The number of hydrogen-bond acceptors (Lipinski definition) is 2. The van der Waals surface area contributed by atoms with E-state index < -0.39 is 0 Å². The highest BCUT2D eigenvalue weighted by atomic mass is 16.2. The molecule has 0 aromatic heterocycles. The minimum absolute atomic E-state index is 0.844. The molecule has 0 saturated heterocycles. The Bertz CT molecular complexity index is 168. The predicted octanol–water partition coefficient (Wildman–Crippen LogP) is 3.02. The van der Waals surface area contributed by atoms with Gasteiger partial charge in [-0.3, -0.25) is 0 Å². The van der Waals surface area contributed by atoms with Gasteiger partial charge >= 0.3 is 0 Å². The third-order valence-corrected chi connectivity index (χ3v) is 4.03. The Morgan fingerprint density at radius 2 is 1.47 bits per heavy atom. The van der Waals surface area contributed by atoms with Crippen molar-refractivity contribution in [1.82, 2.24) is 0 Å². The highest BCUT2D eigenvalue weighted by Gasteiger charge is 2.25. The van der Waals surface area contributed by atoms with Gasteiger partial charge < -0.3 is 15.3 Å². The van der Waals surface area contributed by atoms with Gasteiger partial charge in [-0.15, -0.1) is 0 Å². The van der Waals surface area contributed by atoms with Gasteiger partial charge in [0.15, 0.2) is 0 Å². The van der Waals surface area contributed by atoms with Gasteiger partial charge in [0.25, 0.3) is 0 Å². The second-order valence-electron chi connectivity index (χ2n) is 5.68. The van der Waals surface area contributed by atoms with Gasteiger partial charge in [-0.2, -0.15) is 0 Å². The summed E-state index contributed by atoms with van der Waals surface area (Å²) in [6.07, 6.45) is 6.47. The van der Waals surface area contributed by atoms with Crippen molar-refractivity contribution < 1.29 is 9.59 Å². The fraction of sp³-hybridized carbons (Fsp3) is 1.00. The Balaban J connectivity index is 0. The Labute approximate surface area is 121 Å². The van der Waals surface area contributed by atoms with Crippen LogP contribution in [0.15, 0.2) is 0 Å². The number of aliphatic hydroxyl groups excluding tert-OH is 1. The summed E-state index contributed by atoms with van der Waals surface area (Å²) in [6.45, 7) is 15.5. The Morgan fingerprint density at radius 1 is 0.947 bits per heavy atom. The molecule has 1 atom stereocenters. The molecule has 3 nitrogen and oxygen atoms in total. The zero-order chi connectivity index (χ0) is 15.1. The zero-order valence-electron chi connectivity index (χ0n) is 14.1. The van der Waals surface area contributed by atoms with E-state index in [4.69, 9.17) is 10.8 Å². The van der Waals surface area contributed by atoms with Crippen LogP contribution in [0, 0.1) is 5.92 Å². The fourth-order valence-electron chi connectivity index (χ4n) is 2.74. The third kappa shape index (κ3) is 10.3. The van der Waals surface area contributed by atoms with Crippen LogP contribution in [0.5, 0.6) is 0 Å². The molecular formula is C16H39N2O+. The second kappa shape index (κ2) is 14.3. The molecule has 1 unspecified atom stereocenters. The summed E-state index contributed by atoms with van der Waals surface area (Å²) in [4.78, 5) is 0. The van der Waals surface area contributed by atoms with Crippen LogP contribution < -0.4 is 5.73 Å². The van der Waals surface area contributed by atoms with Crippen LogP contribution in [0.1, 0.15) is 59.8 Å². The molecule has 118 valence electrons. The minimum atomic E-state index is 0.844. The highest BCUT2D eigenvalue weighted by molar-refractivity contribution is 4.53. The molecule has 0 aliphatic heterocycles. The SMILES string of the molecule is CCC[N+](CCC)(CCCN)CCC(C)CC.CO. The summed E-state index contributed by atoms with van der Waals surface area (Å²) in [6, 6.07) is 0. The summed E-state index contributed by atoms with van der Waals surface area (Å²) in [5, 5.41) is 7.00. The van der Waals surface area contributed by atoms with Crippen molar-refractivity contribution in [3.8, 4) is 0 Å². The number of nitrogens with zero attached hydrogens (tertiary/aromatic N) is 1. The molecule has 0 aliphatic rings. The van der Waals surface area contributed by atoms with E-state index in [9.17, 15) is 0 Å². The van der Waals surface area contributed by atoms with E-state index in [-0.39, 0.29) is 0 Å². The van der Waals surface area contributed by atoms with Crippen molar-refractivity contribution in [2.45, 2.75) is 59.8 Å². The molecule has 0 aromatic rings. The number of hydrogen-bond donors (Lipinski definition) is 2. The van der Waals surface area contributed by atoms with Crippen molar-refractivity contribution in [3.05, 3.63) is 0 Å². The molecule has 0 rings (SSSR count). The quantitative estimate of drug-likeness (QED) is 0.569. The summed E-state index contributed by atoms with van der Waals surface area (Å²) >= 11 is 0. The molecule has 0 amide bonds. The molecule has 0 fully saturated rings. The molecule has 3 N–H and O–H groups in total. The lowest BCUT2D eigenvalue weighted by Crippen LogP contribution is -2.51. The van der Waals surface area contributed by atoms with Crippen molar-refractivity contribution in [3.63, 3.8) is 0 Å². The Morgan fingerprint density at radius 3 is 1.84 bits per heavy atom. The summed E-state index contributed by atoms with van der Waals surface area (Å²) < 4.78 is 1.31. The standard InChI is InChI=1S/C15H35N2.CH4O/c1-5-11-17(12-6-2,13-8-10-16)14-9-15(4)7-3;1-2/h15H,5-14,16H2,1-4H3;2H,1H3/q+1;. The zero-order valence-corrected chi connectivity index (χ0v) is 14.1. The van der Waals surface area contributed by atoms with E-state index in [1.807, 2.05) is 0 Å². The fourth-order valence-corrected chi connectivity index (χ4v) is 2.74. The van der Waals surface area contributed by atoms with Crippen molar-refractivity contribution >= 4 is 0 Å². The molecule has 0 aliphatic carbocycles. The monoisotopic (exact) mass is 275 g/mol. The first-order chi connectivity index (χ1) is 9.14. The van der Waals surface area contributed by atoms with E-state index in [2.05, 4.69) is 27.7 Å². The first-order valence-electron chi connectivity index (χ1n) is 8.14. The molecule has 19 heavy (non-hydrogen) atoms. The van der Waals surface area contributed by atoms with E-state index in [0.717, 1.165) is 19.6 Å². The number of rotatable bonds is 11. The van der Waals surface area contributed by atoms with Crippen LogP contribution >= 0.6 is 0 Å². The lowest BCUT2D eigenvalue weighted by Gasteiger charge is -2.39. The first-order valence-corrected chi connectivity index (χ1v) is 8.14. The molecule has 0 saturated carbocycles. The van der Waals surface area contributed by atoms with Crippen molar-refractivity contribution in [2.75, 3.05) is 39.8 Å². The molecule has 0 heterocycles. The average molecular weight is 276 g/mol. The van der Waals surface area contributed by atoms with Gasteiger partial charge in [-0.1, -0.05) is 34.1 Å². The topological polar surface area (TPSA) is 46.2 Å². The Hall–Kier alpha value is -0.120. The van der Waals surface area contributed by atoms with Gasteiger partial charge in [-0.25, -0.2) is 0 Å². The molecule has 3 heteroatoms. The average Bonchev–Trinajstić information content (AvgIpc) is 2.45. The minimum Gasteiger partial charge on any atom is -0.400 e. The molecule has 0 spiro atoms. The van der Waals surface area contributed by atoms with Crippen LogP contribution in [-0.2, 0) is 0 Å². The number of aliphatic hydroxyl groups is 1. The molecule has 0 aromatic carbocycles. The maximum absolute atomic E-state index is 7.00. The lowest BCUT2D eigenvalue weighted by atomic mass is 10.0. The van der Waals surface area contributed by atoms with Crippen LogP contribution in [0.25, 0.3) is 0 Å². The van der Waals surface area contributed by atoms with Gasteiger partial charge in [0, 0.05) is 13.5 Å². The van der Waals surface area contributed by atoms with E-state index in [1.54, 1.807) is 0 Å². The summed E-state index contributed by atoms with van der Waals surface area (Å²) in [5.74, 6) is 0.874. The van der Waals surface area contributed by atoms with Gasteiger partial charge in [-0.05, 0) is 31.7 Å². The lowest BCUT2D eigenvalue weighted by molar-refractivity contribution is -0.928. The third-order valence-electron chi connectivity index (χ3n) is 4.03. The van der Waals surface area contributed by atoms with Crippen molar-refractivity contribution in [2.24, 2.45) is 11.7 Å². The van der Waals surface area contributed by atoms with Gasteiger partial charge in [0.2, 0.25) is 0 Å². The van der Waals surface area contributed by atoms with Crippen molar-refractivity contribution in [1.29, 1.82) is 0 Å². The van der Waals surface area contributed by atoms with E-state index in [1.165, 1.54) is 62.8 Å². The number of quaternary nitrogens is 1. The summed E-state index contributed by atoms with van der Waals surface area (Å²) in [5.41, 5.74) is 5.70. The largest absolute Gasteiger partial charge is 0.400 e. The normalized spacial score (nSPS) is 12.8. The predicted molar refractivity (Wildman–Crippen MR) is 86.2 cm³/mol. The molecule has 0 radical (unpaired) electrons. The Kier molecular flexibility index (Phi) is 15.9. The van der Waals surface area contributed by atoms with Crippen LogP contribution in [0.3, 0.4) is 0 Å².